The molecule has 1 aromatic carbocycles. The highest BCUT2D eigenvalue weighted by Gasteiger charge is 2.16. The van der Waals surface area contributed by atoms with Crippen molar-refractivity contribution in [1.29, 1.82) is 0 Å². The zero-order valence-corrected chi connectivity index (χ0v) is 15.7. The lowest BCUT2D eigenvalue weighted by molar-refractivity contribution is -0.384. The highest BCUT2D eigenvalue weighted by atomic mass is 32.1. The number of aromatic nitrogens is 3. The Hall–Kier alpha value is -2.58. The lowest BCUT2D eigenvalue weighted by Crippen LogP contribution is -2.16. The van der Waals surface area contributed by atoms with E-state index in [9.17, 15) is 10.1 Å². The van der Waals surface area contributed by atoms with E-state index in [0.717, 1.165) is 34.4 Å². The summed E-state index contributed by atoms with van der Waals surface area (Å²) in [6.07, 6.45) is 4.63. The van der Waals surface area contributed by atoms with E-state index >= 15 is 0 Å². The van der Waals surface area contributed by atoms with Crippen molar-refractivity contribution in [1.82, 2.24) is 20.1 Å². The first kappa shape index (κ1) is 17.8. The molecule has 0 spiro atoms. The number of thiophene rings is 1. The maximum atomic E-state index is 11.2. The highest BCUT2D eigenvalue weighted by molar-refractivity contribution is 7.15. The number of nitrogens with zero attached hydrogens (tertiary/aromatic N) is 4. The Morgan fingerprint density at radius 3 is 2.89 bits per heavy atom. The Morgan fingerprint density at radius 2 is 2.00 bits per heavy atom. The van der Waals surface area contributed by atoms with Gasteiger partial charge < -0.3 is 9.88 Å². The molecule has 7 nitrogen and oxygen atoms in total. The second kappa shape index (κ2) is 7.98. The summed E-state index contributed by atoms with van der Waals surface area (Å²) < 4.78 is 2.24. The molecule has 0 aliphatic carbocycles. The normalized spacial score (nSPS) is 13.9. The second-order valence-corrected chi connectivity index (χ2v) is 7.81. The van der Waals surface area contributed by atoms with Crippen molar-refractivity contribution in [2.24, 2.45) is 0 Å². The quantitative estimate of drug-likeness (QED) is 0.515. The van der Waals surface area contributed by atoms with Gasteiger partial charge in [0.1, 0.15) is 11.6 Å². The molecule has 4 rings (SSSR count). The summed E-state index contributed by atoms with van der Waals surface area (Å²) in [6, 6.07) is 10.8. The number of para-hydroxylation sites is 1. The third kappa shape index (κ3) is 3.91. The monoisotopic (exact) mass is 383 g/mol. The number of nitro benzene ring substituents is 1. The molecule has 0 bridgehead atoms. The summed E-state index contributed by atoms with van der Waals surface area (Å²) >= 11 is 1.58. The van der Waals surface area contributed by atoms with E-state index in [1.807, 2.05) is 18.2 Å². The van der Waals surface area contributed by atoms with Crippen molar-refractivity contribution in [3.63, 3.8) is 0 Å². The fourth-order valence-electron chi connectivity index (χ4n) is 3.43. The van der Waals surface area contributed by atoms with Gasteiger partial charge in [-0.05, 0) is 31.0 Å². The summed E-state index contributed by atoms with van der Waals surface area (Å²) in [7, 11) is 0. The Morgan fingerprint density at radius 1 is 1.11 bits per heavy atom. The molecule has 1 aliphatic rings. The molecule has 0 unspecified atom stereocenters. The van der Waals surface area contributed by atoms with E-state index in [-0.39, 0.29) is 10.6 Å². The van der Waals surface area contributed by atoms with E-state index in [0.29, 0.717) is 18.7 Å². The summed E-state index contributed by atoms with van der Waals surface area (Å²) in [4.78, 5) is 13.0. The molecule has 1 N–H and O–H groups in total. The van der Waals surface area contributed by atoms with Crippen molar-refractivity contribution in [3.8, 4) is 10.4 Å². The molecule has 3 aromatic rings. The molecule has 2 aromatic heterocycles. The van der Waals surface area contributed by atoms with Crippen molar-refractivity contribution >= 4 is 17.0 Å². The second-order valence-electron chi connectivity index (χ2n) is 6.64. The highest BCUT2D eigenvalue weighted by Crippen LogP contribution is 2.34. The molecule has 8 heteroatoms. The summed E-state index contributed by atoms with van der Waals surface area (Å²) in [5.41, 5.74) is 0.812. The van der Waals surface area contributed by atoms with Crippen LogP contribution in [0.15, 0.2) is 36.4 Å². The van der Waals surface area contributed by atoms with Gasteiger partial charge in [-0.2, -0.15) is 0 Å². The first-order valence-corrected chi connectivity index (χ1v) is 9.98. The average molecular weight is 383 g/mol. The van der Waals surface area contributed by atoms with Gasteiger partial charge in [-0.1, -0.05) is 18.6 Å². The average Bonchev–Trinajstić information content (AvgIpc) is 3.22. The molecular weight excluding hydrogens is 362 g/mol. The minimum Gasteiger partial charge on any atom is -0.314 e. The Bertz CT molecular complexity index is 949. The number of rotatable bonds is 6. The van der Waals surface area contributed by atoms with Crippen LogP contribution < -0.4 is 5.32 Å². The Labute approximate surface area is 161 Å². The predicted molar refractivity (Wildman–Crippen MR) is 105 cm³/mol. The minimum absolute atomic E-state index is 0.144. The first-order chi connectivity index (χ1) is 13.2. The van der Waals surface area contributed by atoms with Gasteiger partial charge in [-0.25, -0.2) is 0 Å². The van der Waals surface area contributed by atoms with Crippen molar-refractivity contribution in [2.45, 2.75) is 45.3 Å². The molecule has 1 aliphatic heterocycles. The van der Waals surface area contributed by atoms with Gasteiger partial charge in [-0.15, -0.1) is 21.5 Å². The van der Waals surface area contributed by atoms with E-state index in [2.05, 4.69) is 20.1 Å². The third-order valence-electron chi connectivity index (χ3n) is 4.80. The molecule has 0 amide bonds. The van der Waals surface area contributed by atoms with Crippen LogP contribution >= 0.6 is 11.3 Å². The van der Waals surface area contributed by atoms with E-state index < -0.39 is 0 Å². The van der Waals surface area contributed by atoms with Crippen molar-refractivity contribution in [2.75, 3.05) is 0 Å². The number of nitrogens with one attached hydrogen (secondary N) is 1. The van der Waals surface area contributed by atoms with E-state index in [1.54, 1.807) is 29.5 Å². The van der Waals surface area contributed by atoms with Gasteiger partial charge in [0.05, 0.1) is 17.0 Å². The Balaban J connectivity index is 1.41. The number of benzene rings is 1. The van der Waals surface area contributed by atoms with Crippen LogP contribution in [0.1, 0.15) is 35.8 Å². The topological polar surface area (TPSA) is 85.9 Å². The number of aryl methyl sites for hydroxylation is 1. The van der Waals surface area contributed by atoms with Crippen LogP contribution in [-0.4, -0.2) is 19.7 Å². The van der Waals surface area contributed by atoms with E-state index in [4.69, 9.17) is 0 Å². The first-order valence-electron chi connectivity index (χ1n) is 9.16. The van der Waals surface area contributed by atoms with Crippen LogP contribution in [0.2, 0.25) is 0 Å². The molecule has 0 radical (unpaired) electrons. The summed E-state index contributed by atoms with van der Waals surface area (Å²) in [6.45, 7) is 2.37. The molecule has 0 saturated carbocycles. The van der Waals surface area contributed by atoms with Crippen molar-refractivity contribution in [3.05, 3.63) is 63.0 Å². The van der Waals surface area contributed by atoms with Crippen LogP contribution in [0, 0.1) is 10.1 Å². The van der Waals surface area contributed by atoms with Gasteiger partial charge >= 0.3 is 0 Å². The maximum Gasteiger partial charge on any atom is 0.278 e. The SMILES string of the molecule is O=[N+]([O-])c1ccccc1-c1ccc(CNCc2nnc3n2CCCCC3)s1. The molecule has 0 atom stereocenters. The molecule has 3 heterocycles. The predicted octanol–water partition coefficient (Wildman–Crippen LogP) is 3.93. The van der Waals surface area contributed by atoms with Crippen LogP contribution in [0.3, 0.4) is 0 Å². The third-order valence-corrected chi connectivity index (χ3v) is 5.91. The fourth-order valence-corrected chi connectivity index (χ4v) is 4.44. The van der Waals surface area contributed by atoms with Gasteiger partial charge in [-0.3, -0.25) is 10.1 Å². The molecule has 140 valence electrons. The fraction of sp³-hybridized carbons (Fsp3) is 0.368. The smallest absolute Gasteiger partial charge is 0.278 e. The van der Waals surface area contributed by atoms with Crippen molar-refractivity contribution < 1.29 is 4.92 Å². The maximum absolute atomic E-state index is 11.2. The van der Waals surface area contributed by atoms with Crippen LogP contribution in [-0.2, 0) is 26.1 Å². The van der Waals surface area contributed by atoms with E-state index in [1.165, 1.54) is 19.3 Å². The number of hydrogen-bond donors (Lipinski definition) is 1. The zero-order valence-electron chi connectivity index (χ0n) is 14.9. The molecule has 0 fully saturated rings. The lowest BCUT2D eigenvalue weighted by Gasteiger charge is -2.07. The summed E-state index contributed by atoms with van der Waals surface area (Å²) in [5, 5.41) is 23.3. The molecule has 27 heavy (non-hydrogen) atoms. The van der Waals surface area contributed by atoms with Gasteiger partial charge in [0.15, 0.2) is 0 Å². The van der Waals surface area contributed by atoms with Gasteiger partial charge in [0, 0.05) is 35.3 Å². The lowest BCUT2D eigenvalue weighted by atomic mass is 10.1. The minimum atomic E-state index is -0.329. The van der Waals surface area contributed by atoms with Gasteiger partial charge in [0.2, 0.25) is 0 Å². The van der Waals surface area contributed by atoms with Crippen LogP contribution in [0.25, 0.3) is 10.4 Å². The Kier molecular flexibility index (Phi) is 5.26. The number of hydrogen-bond acceptors (Lipinski definition) is 6. The van der Waals surface area contributed by atoms with Crippen LogP contribution in [0.4, 0.5) is 5.69 Å². The molecular formula is C19H21N5O2S. The van der Waals surface area contributed by atoms with Gasteiger partial charge in [0.25, 0.3) is 5.69 Å². The zero-order chi connectivity index (χ0) is 18.6. The largest absolute Gasteiger partial charge is 0.314 e. The molecule has 0 saturated heterocycles. The number of fused-ring (bicyclic) bond motifs is 1. The van der Waals surface area contributed by atoms with Crippen LogP contribution in [0.5, 0.6) is 0 Å². The number of nitro groups is 1. The summed E-state index contributed by atoms with van der Waals surface area (Å²) in [5.74, 6) is 2.08. The standard InChI is InChI=1S/C19H21N5O2S/c25-24(26)16-7-4-3-6-15(16)17-10-9-14(27-17)12-20-13-19-22-21-18-8-2-1-5-11-23(18)19/h3-4,6-7,9-10,20H,1-2,5,8,11-13H2.